The van der Waals surface area contributed by atoms with Crippen molar-refractivity contribution < 1.29 is 8.68 Å². The molecule has 1 atom stereocenters. The van der Waals surface area contributed by atoms with Gasteiger partial charge in [-0.05, 0) is 9.24 Å². The van der Waals surface area contributed by atoms with Crippen LogP contribution in [0.15, 0.2) is 0 Å². The molecule has 5 heteroatoms. The van der Waals surface area contributed by atoms with Gasteiger partial charge in [-0.15, -0.1) is 3.89 Å². The summed E-state index contributed by atoms with van der Waals surface area (Å²) in [6.45, 7) is 0. The molecule has 6 heavy (non-hydrogen) atoms. The van der Waals surface area contributed by atoms with E-state index in [0.29, 0.717) is 0 Å². The van der Waals surface area contributed by atoms with Crippen molar-refractivity contribution in [1.82, 2.24) is 4.72 Å². The SMILES string of the molecule is O=C(P)NS[18F]. The Balaban J connectivity index is 2.83. The minimum Gasteiger partial charge on any atom is -0.270 e. The van der Waals surface area contributed by atoms with Crippen LogP contribution in [0.4, 0.5) is 8.68 Å². The Morgan fingerprint density at radius 1 is 2.00 bits per heavy atom. The van der Waals surface area contributed by atoms with Gasteiger partial charge in [0, 0.05) is 0 Å². The largest absolute Gasteiger partial charge is 0.270 e. The molecule has 0 saturated carbocycles. The summed E-state index contributed by atoms with van der Waals surface area (Å²) in [5.41, 5.74) is -0.456. The minimum absolute atomic E-state index is 0.211. The van der Waals surface area contributed by atoms with Gasteiger partial charge in [0.15, 0.2) is 12.3 Å². The average molecular weight is 126 g/mol. The summed E-state index contributed by atoms with van der Waals surface area (Å²) in [5.74, 6) is 0. The van der Waals surface area contributed by atoms with Gasteiger partial charge >= 0.3 is 0 Å². The fourth-order valence-electron chi connectivity index (χ4n) is 0.0380. The smallest absolute Gasteiger partial charge is 0.246 e. The van der Waals surface area contributed by atoms with Gasteiger partial charge in [-0.2, -0.15) is 0 Å². The van der Waals surface area contributed by atoms with Gasteiger partial charge < -0.3 is 0 Å². The fourth-order valence-corrected chi connectivity index (χ4v) is 0.248. The van der Waals surface area contributed by atoms with E-state index in [2.05, 4.69) is 0 Å². The number of hydrogen-bond acceptors (Lipinski definition) is 2. The van der Waals surface area contributed by atoms with Crippen molar-refractivity contribution in [3.8, 4) is 0 Å². The quantitative estimate of drug-likeness (QED) is 0.421. The topological polar surface area (TPSA) is 29.1 Å². The summed E-state index contributed by atoms with van der Waals surface area (Å²) in [6.07, 6.45) is 0. The highest BCUT2D eigenvalue weighted by Gasteiger charge is 1.83. The predicted octanol–water partition coefficient (Wildman–Crippen LogP) is 1.10. The number of halogens is 1. The van der Waals surface area contributed by atoms with E-state index < -0.39 is 5.65 Å². The third-order valence-corrected chi connectivity index (χ3v) is 0.771. The van der Waals surface area contributed by atoms with Crippen LogP contribution in [-0.4, -0.2) is 5.65 Å². The summed E-state index contributed by atoms with van der Waals surface area (Å²) in [7, 11) is 1.77. The van der Waals surface area contributed by atoms with Crippen LogP contribution in [0, 0.1) is 0 Å². The molecule has 0 aromatic carbocycles. The van der Waals surface area contributed by atoms with E-state index in [1.807, 2.05) is 0 Å². The minimum atomic E-state index is -0.456. The monoisotopic (exact) mass is 126 g/mol. The normalized spacial score (nSPS) is 7.67. The molecule has 0 bridgehead atoms. The van der Waals surface area contributed by atoms with Gasteiger partial charge in [-0.1, -0.05) is 0 Å². The third kappa shape index (κ3) is 4.18. The van der Waals surface area contributed by atoms with Crippen molar-refractivity contribution >= 4 is 27.2 Å². The Labute approximate surface area is 41.5 Å². The van der Waals surface area contributed by atoms with Crippen LogP contribution in [0.3, 0.4) is 0 Å². The zero-order valence-corrected chi connectivity index (χ0v) is 4.74. The lowest BCUT2D eigenvalue weighted by molar-refractivity contribution is 0.265. The van der Waals surface area contributed by atoms with Crippen molar-refractivity contribution in [3.05, 3.63) is 0 Å². The fraction of sp³-hybridized carbons (Fsp3) is 0. The van der Waals surface area contributed by atoms with Crippen LogP contribution in [0.25, 0.3) is 0 Å². The number of carbonyl (C=O) groups excluding carboxylic acids is 1. The summed E-state index contributed by atoms with van der Waals surface area (Å²) in [4.78, 5) is 9.63. The second-order valence-corrected chi connectivity index (χ2v) is 1.43. The standard InChI is InChI=1S/CH3FNOPS/c2-6-3-1(4)5/h5H2,(H,3,4)/i2-1. The highest BCUT2D eigenvalue weighted by atomic mass is 32.2. The molecular weight excluding hydrogens is 123 g/mol. The molecule has 0 spiro atoms. The van der Waals surface area contributed by atoms with E-state index in [9.17, 15) is 8.68 Å². The average Bonchev–Trinajstić information content (AvgIpc) is 1.35. The van der Waals surface area contributed by atoms with Crippen molar-refractivity contribution in [2.24, 2.45) is 0 Å². The maximum absolute atomic E-state index is 10.8. The van der Waals surface area contributed by atoms with Crippen LogP contribution in [0.1, 0.15) is 0 Å². The Morgan fingerprint density at radius 2 is 2.50 bits per heavy atom. The lowest BCUT2D eigenvalue weighted by Gasteiger charge is -1.82. The molecule has 0 aromatic rings. The molecule has 0 saturated heterocycles. The number of amides is 1. The van der Waals surface area contributed by atoms with Gasteiger partial charge in [0.05, 0.1) is 0 Å². The molecule has 0 rings (SSSR count). The highest BCUT2D eigenvalue weighted by Crippen LogP contribution is 1.94. The van der Waals surface area contributed by atoms with Crippen LogP contribution >= 0.6 is 21.6 Å². The van der Waals surface area contributed by atoms with Gasteiger partial charge in [-0.3, -0.25) is 9.52 Å². The van der Waals surface area contributed by atoms with Crippen molar-refractivity contribution in [2.45, 2.75) is 0 Å². The third-order valence-electron chi connectivity index (χ3n) is 0.139. The van der Waals surface area contributed by atoms with Gasteiger partial charge in [-0.25, -0.2) is 0 Å². The Bertz CT molecular complexity index is 59.5. The molecule has 0 aromatic heterocycles. The summed E-state index contributed by atoms with van der Waals surface area (Å²) in [5, 5.41) is 0. The predicted molar refractivity (Wildman–Crippen MR) is 26.9 cm³/mol. The van der Waals surface area contributed by atoms with E-state index in [-0.39, 0.29) is 12.3 Å². The Kier molecular flexibility index (Phi) is 3.47. The Morgan fingerprint density at radius 3 is 2.50 bits per heavy atom. The molecule has 0 fully saturated rings. The van der Waals surface area contributed by atoms with E-state index >= 15 is 0 Å². The maximum atomic E-state index is 10.8. The first kappa shape index (κ1) is 6.18. The van der Waals surface area contributed by atoms with Crippen molar-refractivity contribution in [3.63, 3.8) is 0 Å². The molecule has 0 aliphatic carbocycles. The highest BCUT2D eigenvalue weighted by molar-refractivity contribution is 7.93. The molecule has 36 valence electrons. The lowest BCUT2D eigenvalue weighted by atomic mass is 11.5. The van der Waals surface area contributed by atoms with Gasteiger partial charge in [0.1, 0.15) is 0 Å². The van der Waals surface area contributed by atoms with Crippen molar-refractivity contribution in [1.29, 1.82) is 0 Å². The number of rotatable bonds is 1. The van der Waals surface area contributed by atoms with Gasteiger partial charge in [0.2, 0.25) is 5.65 Å². The number of carbonyl (C=O) groups is 1. The molecule has 1 N–H and O–H groups in total. The summed E-state index contributed by atoms with van der Waals surface area (Å²) in [6, 6.07) is 0. The number of nitrogens with one attached hydrogen (secondary N) is 1. The van der Waals surface area contributed by atoms with Crippen LogP contribution in [0.2, 0.25) is 0 Å². The van der Waals surface area contributed by atoms with Crippen LogP contribution in [0.5, 0.6) is 0 Å². The van der Waals surface area contributed by atoms with E-state index in [0.717, 1.165) is 0 Å². The number of hydrogen-bond donors (Lipinski definition) is 1. The lowest BCUT2D eigenvalue weighted by Crippen LogP contribution is -2.00. The molecule has 1 amide bonds. The Hall–Kier alpha value is 0.180. The first-order valence-corrected chi connectivity index (χ1v) is 2.40. The van der Waals surface area contributed by atoms with E-state index in [4.69, 9.17) is 0 Å². The van der Waals surface area contributed by atoms with Crippen LogP contribution in [-0.2, 0) is 0 Å². The van der Waals surface area contributed by atoms with E-state index in [1.165, 1.54) is 0 Å². The molecule has 2 nitrogen and oxygen atoms in total. The molecule has 0 heterocycles. The van der Waals surface area contributed by atoms with E-state index in [1.54, 1.807) is 14.0 Å². The summed E-state index contributed by atoms with van der Waals surface area (Å²) >= 11 is -0.211. The molecule has 0 radical (unpaired) electrons. The second-order valence-electron chi connectivity index (χ2n) is 0.543. The first-order chi connectivity index (χ1) is 2.77. The maximum Gasteiger partial charge on any atom is 0.246 e. The van der Waals surface area contributed by atoms with Crippen molar-refractivity contribution in [2.75, 3.05) is 0 Å². The second kappa shape index (κ2) is 3.37. The first-order valence-electron chi connectivity index (χ1n) is 1.10. The molecular formula is CH3FNOPS. The summed E-state index contributed by atoms with van der Waals surface area (Å²) < 4.78 is 12.6. The van der Waals surface area contributed by atoms with Gasteiger partial charge in [0.25, 0.3) is 0 Å². The molecule has 0 aliphatic rings. The zero-order valence-electron chi connectivity index (χ0n) is 2.77. The molecule has 0 aliphatic heterocycles. The zero-order chi connectivity index (χ0) is 4.99. The van der Waals surface area contributed by atoms with Crippen LogP contribution < -0.4 is 4.72 Å². The molecule has 1 unspecified atom stereocenters.